The van der Waals surface area contributed by atoms with Gasteiger partial charge >= 0.3 is 0 Å². The molecule has 0 amide bonds. The second-order valence-electron chi connectivity index (χ2n) is 3.77. The lowest BCUT2D eigenvalue weighted by Gasteiger charge is -2.10. The number of nitrogens with zero attached hydrogens (tertiary/aromatic N) is 2. The van der Waals surface area contributed by atoms with E-state index < -0.39 is 0 Å². The zero-order chi connectivity index (χ0) is 10.8. The summed E-state index contributed by atoms with van der Waals surface area (Å²) in [6, 6.07) is 6.21. The summed E-state index contributed by atoms with van der Waals surface area (Å²) in [5.41, 5.74) is 9.26. The molecule has 4 heteroatoms. The molecule has 1 atom stereocenters. The van der Waals surface area contributed by atoms with Gasteiger partial charge in [-0.3, -0.25) is 0 Å². The second kappa shape index (κ2) is 4.00. The van der Waals surface area contributed by atoms with E-state index in [0.29, 0.717) is 0 Å². The Bertz CT molecular complexity index is 461. The summed E-state index contributed by atoms with van der Waals surface area (Å²) in [6.45, 7) is 0.776. The molecule has 2 rings (SSSR count). The summed E-state index contributed by atoms with van der Waals surface area (Å²) in [5.74, 6) is 0. The van der Waals surface area contributed by atoms with Crippen LogP contribution >= 0.6 is 0 Å². The Hall–Kier alpha value is -1.39. The van der Waals surface area contributed by atoms with Crippen molar-refractivity contribution >= 4 is 11.0 Å². The number of benzene rings is 1. The third kappa shape index (κ3) is 1.86. The molecule has 0 aliphatic rings. The average molecular weight is 204 g/mol. The normalized spacial score (nSPS) is 13.3. The summed E-state index contributed by atoms with van der Waals surface area (Å²) in [7, 11) is 3.89. The van der Waals surface area contributed by atoms with E-state index in [0.717, 1.165) is 23.1 Å². The van der Waals surface area contributed by atoms with E-state index in [1.165, 1.54) is 0 Å². The number of fused-ring (bicyclic) bond motifs is 1. The van der Waals surface area contributed by atoms with Crippen molar-refractivity contribution in [3.05, 3.63) is 30.1 Å². The van der Waals surface area contributed by atoms with Crippen LogP contribution in [0.1, 0.15) is 11.6 Å². The lowest BCUT2D eigenvalue weighted by atomic mass is 10.1. The molecule has 1 aromatic heterocycles. The number of hydrogen-bond acceptors (Lipinski definition) is 3. The molecule has 4 nitrogen and oxygen atoms in total. The Labute approximate surface area is 89.1 Å². The number of rotatable bonds is 3. The molecule has 1 heterocycles. The highest BCUT2D eigenvalue weighted by atomic mass is 15.0. The van der Waals surface area contributed by atoms with Crippen LogP contribution in [0.25, 0.3) is 11.0 Å². The third-order valence-corrected chi connectivity index (χ3v) is 2.60. The maximum Gasteiger partial charge on any atom is 0.0955 e. The highest BCUT2D eigenvalue weighted by molar-refractivity contribution is 5.76. The van der Waals surface area contributed by atoms with Crippen LogP contribution in [-0.4, -0.2) is 23.1 Å². The van der Waals surface area contributed by atoms with Gasteiger partial charge in [-0.25, -0.2) is 4.98 Å². The topological polar surface area (TPSA) is 55.9 Å². The number of imidazole rings is 1. The smallest absolute Gasteiger partial charge is 0.0955 e. The van der Waals surface area contributed by atoms with Crippen LogP contribution in [0.3, 0.4) is 0 Å². The first-order valence-electron chi connectivity index (χ1n) is 5.03. The number of aryl methyl sites for hydroxylation is 1. The van der Waals surface area contributed by atoms with Crippen molar-refractivity contribution in [3.8, 4) is 0 Å². The molecule has 80 valence electrons. The highest BCUT2D eigenvalue weighted by Gasteiger charge is 2.07. The SMILES string of the molecule is CNCC(N)c1ccc2c(c1)ncn2C. The van der Waals surface area contributed by atoms with Crippen molar-refractivity contribution in [1.82, 2.24) is 14.9 Å². The van der Waals surface area contributed by atoms with Gasteiger partial charge in [0.05, 0.1) is 17.4 Å². The first-order valence-corrected chi connectivity index (χ1v) is 5.03. The fourth-order valence-electron chi connectivity index (χ4n) is 1.72. The Kier molecular flexibility index (Phi) is 2.70. The molecule has 3 N–H and O–H groups in total. The number of nitrogens with two attached hydrogens (primary N) is 1. The van der Waals surface area contributed by atoms with Crippen LogP contribution in [0.5, 0.6) is 0 Å². The fraction of sp³-hybridized carbons (Fsp3) is 0.364. The van der Waals surface area contributed by atoms with E-state index >= 15 is 0 Å². The largest absolute Gasteiger partial charge is 0.334 e. The summed E-state index contributed by atoms with van der Waals surface area (Å²) in [4.78, 5) is 4.31. The number of aromatic nitrogens is 2. The summed E-state index contributed by atoms with van der Waals surface area (Å²) in [6.07, 6.45) is 1.82. The van der Waals surface area contributed by atoms with Crippen LogP contribution in [0.2, 0.25) is 0 Å². The Morgan fingerprint density at radius 1 is 1.53 bits per heavy atom. The third-order valence-electron chi connectivity index (χ3n) is 2.60. The van der Waals surface area contributed by atoms with Crippen LogP contribution in [0.4, 0.5) is 0 Å². The van der Waals surface area contributed by atoms with Gasteiger partial charge in [0, 0.05) is 19.6 Å². The van der Waals surface area contributed by atoms with Gasteiger partial charge in [0.2, 0.25) is 0 Å². The molecule has 0 fully saturated rings. The second-order valence-corrected chi connectivity index (χ2v) is 3.77. The molecule has 0 radical (unpaired) electrons. The van der Waals surface area contributed by atoms with Crippen molar-refractivity contribution < 1.29 is 0 Å². The van der Waals surface area contributed by atoms with Crippen LogP contribution in [0, 0.1) is 0 Å². The van der Waals surface area contributed by atoms with Crippen LogP contribution < -0.4 is 11.1 Å². The zero-order valence-corrected chi connectivity index (χ0v) is 9.07. The Balaban J connectivity index is 2.38. The van der Waals surface area contributed by atoms with Gasteiger partial charge in [0.25, 0.3) is 0 Å². The highest BCUT2D eigenvalue weighted by Crippen LogP contribution is 2.17. The van der Waals surface area contributed by atoms with Gasteiger partial charge in [-0.2, -0.15) is 0 Å². The number of likely N-dealkylation sites (N-methyl/N-ethyl adjacent to an activating group) is 1. The molecule has 0 bridgehead atoms. The molecule has 0 aliphatic heterocycles. The molecule has 0 aliphatic carbocycles. The van der Waals surface area contributed by atoms with Crippen molar-refractivity contribution in [2.24, 2.45) is 12.8 Å². The molecule has 0 saturated carbocycles. The lowest BCUT2D eigenvalue weighted by Crippen LogP contribution is -2.23. The minimum atomic E-state index is 0.0291. The van der Waals surface area contributed by atoms with Crippen molar-refractivity contribution in [2.75, 3.05) is 13.6 Å². The first-order chi connectivity index (χ1) is 7.22. The molecule has 1 unspecified atom stereocenters. The molecule has 15 heavy (non-hydrogen) atoms. The van der Waals surface area contributed by atoms with Crippen molar-refractivity contribution in [2.45, 2.75) is 6.04 Å². The standard InChI is InChI=1S/C11H16N4/c1-13-6-9(12)8-3-4-11-10(5-8)14-7-15(11)2/h3-5,7,9,13H,6,12H2,1-2H3. The Morgan fingerprint density at radius 2 is 2.33 bits per heavy atom. The maximum absolute atomic E-state index is 6.01. The van der Waals surface area contributed by atoms with Gasteiger partial charge in [-0.15, -0.1) is 0 Å². The minimum absolute atomic E-state index is 0.0291. The van der Waals surface area contributed by atoms with Crippen LogP contribution in [0.15, 0.2) is 24.5 Å². The quantitative estimate of drug-likeness (QED) is 0.777. The van der Waals surface area contributed by atoms with E-state index in [4.69, 9.17) is 5.73 Å². The van der Waals surface area contributed by atoms with E-state index in [2.05, 4.69) is 28.5 Å². The summed E-state index contributed by atoms with van der Waals surface area (Å²) >= 11 is 0. The summed E-state index contributed by atoms with van der Waals surface area (Å²) < 4.78 is 2.00. The van der Waals surface area contributed by atoms with E-state index in [1.54, 1.807) is 0 Å². The number of nitrogens with one attached hydrogen (secondary N) is 1. The van der Waals surface area contributed by atoms with E-state index in [1.807, 2.05) is 25.0 Å². The molecule has 2 aromatic rings. The van der Waals surface area contributed by atoms with Gasteiger partial charge in [0.15, 0.2) is 0 Å². The predicted octanol–water partition coefficient (Wildman–Crippen LogP) is 0.792. The monoisotopic (exact) mass is 204 g/mol. The minimum Gasteiger partial charge on any atom is -0.334 e. The van der Waals surface area contributed by atoms with Crippen molar-refractivity contribution in [1.29, 1.82) is 0 Å². The average Bonchev–Trinajstić information content (AvgIpc) is 2.60. The lowest BCUT2D eigenvalue weighted by molar-refractivity contribution is 0.653. The summed E-state index contributed by atoms with van der Waals surface area (Å²) in [5, 5.41) is 3.07. The molecular formula is C11H16N4. The maximum atomic E-state index is 6.01. The first kappa shape index (κ1) is 10.1. The zero-order valence-electron chi connectivity index (χ0n) is 9.07. The molecule has 0 saturated heterocycles. The van der Waals surface area contributed by atoms with Gasteiger partial charge in [-0.1, -0.05) is 6.07 Å². The number of hydrogen-bond donors (Lipinski definition) is 2. The van der Waals surface area contributed by atoms with E-state index in [-0.39, 0.29) is 6.04 Å². The van der Waals surface area contributed by atoms with Crippen molar-refractivity contribution in [3.63, 3.8) is 0 Å². The molecular weight excluding hydrogens is 188 g/mol. The molecule has 0 spiro atoms. The van der Waals surface area contributed by atoms with Gasteiger partial charge in [-0.05, 0) is 24.7 Å². The van der Waals surface area contributed by atoms with Gasteiger partial charge < -0.3 is 15.6 Å². The molecule has 1 aromatic carbocycles. The van der Waals surface area contributed by atoms with Gasteiger partial charge in [0.1, 0.15) is 0 Å². The predicted molar refractivity (Wildman–Crippen MR) is 61.6 cm³/mol. The fourth-order valence-corrected chi connectivity index (χ4v) is 1.72. The Morgan fingerprint density at radius 3 is 3.07 bits per heavy atom. The van der Waals surface area contributed by atoms with E-state index in [9.17, 15) is 0 Å². The van der Waals surface area contributed by atoms with Crippen LogP contribution in [-0.2, 0) is 7.05 Å².